The summed E-state index contributed by atoms with van der Waals surface area (Å²) in [5.74, 6) is 0.499. The molecule has 1 heterocycles. The fraction of sp³-hybridized carbons (Fsp3) is 0.231. The normalized spacial score (nSPS) is 15.3. The number of halogens is 1. The van der Waals surface area contributed by atoms with Crippen molar-refractivity contribution in [2.24, 2.45) is 0 Å². The predicted molar refractivity (Wildman–Crippen MR) is 123 cm³/mol. The molecule has 170 valence electrons. The Morgan fingerprint density at radius 2 is 1.97 bits per heavy atom. The fourth-order valence-electron chi connectivity index (χ4n) is 3.82. The van der Waals surface area contributed by atoms with E-state index in [1.165, 1.54) is 6.07 Å². The lowest BCUT2D eigenvalue weighted by Gasteiger charge is -2.22. The first kappa shape index (κ1) is 22.3. The summed E-state index contributed by atoms with van der Waals surface area (Å²) in [5.41, 5.74) is 2.60. The SMILES string of the molecule is COc1cccc(CC(=O)Nc2ccc3c(c2)CN(Cc2ccccc2F)C(=O)[C@H](C)O3)c1. The second-order valence-corrected chi connectivity index (χ2v) is 7.94. The van der Waals surface area contributed by atoms with Crippen LogP contribution < -0.4 is 14.8 Å². The summed E-state index contributed by atoms with van der Waals surface area (Å²) in [6.45, 7) is 2.05. The van der Waals surface area contributed by atoms with Gasteiger partial charge in [-0.1, -0.05) is 30.3 Å². The van der Waals surface area contributed by atoms with Crippen molar-refractivity contribution in [1.82, 2.24) is 4.90 Å². The summed E-state index contributed by atoms with van der Waals surface area (Å²) < 4.78 is 25.2. The average molecular weight is 448 g/mol. The highest BCUT2D eigenvalue weighted by molar-refractivity contribution is 5.92. The van der Waals surface area contributed by atoms with Gasteiger partial charge in [0.05, 0.1) is 13.5 Å². The van der Waals surface area contributed by atoms with Crippen LogP contribution in [-0.2, 0) is 29.1 Å². The summed E-state index contributed by atoms with van der Waals surface area (Å²) in [5, 5.41) is 2.90. The summed E-state index contributed by atoms with van der Waals surface area (Å²) in [6.07, 6.45) is -0.508. The Balaban J connectivity index is 1.51. The van der Waals surface area contributed by atoms with Gasteiger partial charge in [-0.15, -0.1) is 0 Å². The molecule has 1 atom stereocenters. The number of benzene rings is 3. The summed E-state index contributed by atoms with van der Waals surface area (Å²) in [7, 11) is 1.58. The number of nitrogens with one attached hydrogen (secondary N) is 1. The van der Waals surface area contributed by atoms with Crippen molar-refractivity contribution < 1.29 is 23.5 Å². The Kier molecular flexibility index (Phi) is 6.58. The van der Waals surface area contributed by atoms with Crippen molar-refractivity contribution in [2.45, 2.75) is 32.5 Å². The Morgan fingerprint density at radius 1 is 1.15 bits per heavy atom. The lowest BCUT2D eigenvalue weighted by Crippen LogP contribution is -2.37. The van der Waals surface area contributed by atoms with Gasteiger partial charge in [0.1, 0.15) is 17.3 Å². The number of rotatable bonds is 6. The van der Waals surface area contributed by atoms with Gasteiger partial charge in [0.25, 0.3) is 5.91 Å². The van der Waals surface area contributed by atoms with Gasteiger partial charge in [-0.05, 0) is 48.9 Å². The molecule has 0 radical (unpaired) electrons. The number of carbonyl (C=O) groups is 2. The van der Waals surface area contributed by atoms with E-state index in [2.05, 4.69) is 5.32 Å². The van der Waals surface area contributed by atoms with E-state index >= 15 is 0 Å². The summed E-state index contributed by atoms with van der Waals surface area (Å²) in [6, 6.07) is 19.0. The van der Waals surface area contributed by atoms with Gasteiger partial charge in [-0.2, -0.15) is 0 Å². The zero-order valence-electron chi connectivity index (χ0n) is 18.5. The third-order valence-corrected chi connectivity index (χ3v) is 5.49. The molecule has 1 aliphatic heterocycles. The first-order valence-electron chi connectivity index (χ1n) is 10.7. The molecule has 0 saturated carbocycles. The lowest BCUT2D eigenvalue weighted by molar-refractivity contribution is -0.138. The Hall–Kier alpha value is -3.87. The van der Waals surface area contributed by atoms with E-state index in [4.69, 9.17) is 9.47 Å². The number of methoxy groups -OCH3 is 1. The third-order valence-electron chi connectivity index (χ3n) is 5.49. The molecule has 0 saturated heterocycles. The quantitative estimate of drug-likeness (QED) is 0.610. The molecular formula is C26H25FN2O4. The fourth-order valence-corrected chi connectivity index (χ4v) is 3.82. The standard InChI is InChI=1S/C26H25FN2O4/c1-17-26(31)29(15-19-7-3-4-9-23(19)27)16-20-14-21(10-11-24(20)33-17)28-25(30)13-18-6-5-8-22(12-18)32-2/h3-12,14,17H,13,15-16H2,1-2H3,(H,28,30)/t17-/m0/s1. The van der Waals surface area contributed by atoms with Crippen LogP contribution in [0.3, 0.4) is 0 Å². The van der Waals surface area contributed by atoms with Crippen LogP contribution in [0.2, 0.25) is 0 Å². The highest BCUT2D eigenvalue weighted by Crippen LogP contribution is 2.29. The number of carbonyl (C=O) groups excluding carboxylic acids is 2. The minimum Gasteiger partial charge on any atom is -0.497 e. The van der Waals surface area contributed by atoms with Crippen molar-refractivity contribution in [3.8, 4) is 11.5 Å². The second kappa shape index (κ2) is 9.73. The van der Waals surface area contributed by atoms with Gasteiger partial charge in [0.2, 0.25) is 5.91 Å². The number of anilines is 1. The van der Waals surface area contributed by atoms with Gasteiger partial charge >= 0.3 is 0 Å². The molecule has 0 aromatic heterocycles. The van der Waals surface area contributed by atoms with E-state index in [9.17, 15) is 14.0 Å². The highest BCUT2D eigenvalue weighted by atomic mass is 19.1. The largest absolute Gasteiger partial charge is 0.497 e. The molecule has 0 spiro atoms. The predicted octanol–water partition coefficient (Wildman–Crippen LogP) is 4.33. The third kappa shape index (κ3) is 5.31. The number of hydrogen-bond donors (Lipinski definition) is 1. The monoisotopic (exact) mass is 448 g/mol. The second-order valence-electron chi connectivity index (χ2n) is 7.94. The van der Waals surface area contributed by atoms with Gasteiger partial charge < -0.3 is 19.7 Å². The van der Waals surface area contributed by atoms with Crippen LogP contribution in [0.5, 0.6) is 11.5 Å². The summed E-state index contributed by atoms with van der Waals surface area (Å²) >= 11 is 0. The Bertz CT molecular complexity index is 1180. The van der Waals surface area contributed by atoms with Crippen molar-refractivity contribution in [3.05, 3.63) is 89.2 Å². The lowest BCUT2D eigenvalue weighted by atomic mass is 10.1. The van der Waals surface area contributed by atoms with Crippen LogP contribution in [0.1, 0.15) is 23.6 Å². The van der Waals surface area contributed by atoms with Crippen LogP contribution in [0.25, 0.3) is 0 Å². The molecule has 7 heteroatoms. The minimum absolute atomic E-state index is 0.130. The smallest absolute Gasteiger partial charge is 0.263 e. The maximum atomic E-state index is 14.2. The Labute approximate surface area is 191 Å². The van der Waals surface area contributed by atoms with Crippen molar-refractivity contribution in [3.63, 3.8) is 0 Å². The van der Waals surface area contributed by atoms with Gasteiger partial charge in [0.15, 0.2) is 6.10 Å². The molecule has 6 nitrogen and oxygen atoms in total. The zero-order valence-corrected chi connectivity index (χ0v) is 18.5. The van der Waals surface area contributed by atoms with E-state index < -0.39 is 6.10 Å². The molecular weight excluding hydrogens is 423 g/mol. The molecule has 0 unspecified atom stereocenters. The maximum Gasteiger partial charge on any atom is 0.263 e. The Morgan fingerprint density at radius 3 is 2.76 bits per heavy atom. The molecule has 3 aromatic carbocycles. The first-order valence-corrected chi connectivity index (χ1v) is 10.7. The zero-order chi connectivity index (χ0) is 23.4. The van der Waals surface area contributed by atoms with Crippen molar-refractivity contribution in [2.75, 3.05) is 12.4 Å². The van der Waals surface area contributed by atoms with E-state index in [-0.39, 0.29) is 37.1 Å². The molecule has 0 aliphatic carbocycles. The molecule has 1 N–H and O–H groups in total. The molecule has 3 aromatic rings. The van der Waals surface area contributed by atoms with Gasteiger partial charge in [-0.3, -0.25) is 9.59 Å². The molecule has 1 aliphatic rings. The van der Waals surface area contributed by atoms with Crippen LogP contribution >= 0.6 is 0 Å². The number of nitrogens with zero attached hydrogens (tertiary/aromatic N) is 1. The molecule has 0 bridgehead atoms. The molecule has 2 amide bonds. The number of amides is 2. The number of hydrogen-bond acceptors (Lipinski definition) is 4. The van der Waals surface area contributed by atoms with Crippen molar-refractivity contribution in [1.29, 1.82) is 0 Å². The van der Waals surface area contributed by atoms with Crippen LogP contribution in [0.4, 0.5) is 10.1 Å². The van der Waals surface area contributed by atoms with Gasteiger partial charge in [0, 0.05) is 29.9 Å². The van der Waals surface area contributed by atoms with Crippen LogP contribution in [0, 0.1) is 5.82 Å². The van der Waals surface area contributed by atoms with E-state index in [1.807, 2.05) is 24.3 Å². The van der Waals surface area contributed by atoms with E-state index in [1.54, 1.807) is 55.3 Å². The van der Waals surface area contributed by atoms with Crippen LogP contribution in [0.15, 0.2) is 66.7 Å². The highest BCUT2D eigenvalue weighted by Gasteiger charge is 2.28. The first-order chi connectivity index (χ1) is 15.9. The molecule has 4 rings (SSSR count). The number of fused-ring (bicyclic) bond motifs is 1. The molecule has 33 heavy (non-hydrogen) atoms. The average Bonchev–Trinajstić information content (AvgIpc) is 2.91. The van der Waals surface area contributed by atoms with Gasteiger partial charge in [-0.25, -0.2) is 4.39 Å². The molecule has 0 fully saturated rings. The van der Waals surface area contributed by atoms with E-state index in [0.29, 0.717) is 22.7 Å². The number of ether oxygens (including phenoxy) is 2. The van der Waals surface area contributed by atoms with Crippen molar-refractivity contribution >= 4 is 17.5 Å². The maximum absolute atomic E-state index is 14.2. The van der Waals surface area contributed by atoms with E-state index in [0.717, 1.165) is 11.1 Å². The minimum atomic E-state index is -0.702. The van der Waals surface area contributed by atoms with Crippen LogP contribution in [-0.4, -0.2) is 29.9 Å². The topological polar surface area (TPSA) is 67.9 Å². The summed E-state index contributed by atoms with van der Waals surface area (Å²) in [4.78, 5) is 27.0.